The second-order valence-corrected chi connectivity index (χ2v) is 5.70. The van der Waals surface area contributed by atoms with Crippen molar-refractivity contribution in [3.63, 3.8) is 0 Å². The zero-order valence-corrected chi connectivity index (χ0v) is 12.2. The van der Waals surface area contributed by atoms with E-state index in [2.05, 4.69) is 17.6 Å². The van der Waals surface area contributed by atoms with Gasteiger partial charge in [0.25, 0.3) is 0 Å². The van der Waals surface area contributed by atoms with Crippen molar-refractivity contribution in [1.29, 1.82) is 0 Å². The lowest BCUT2D eigenvalue weighted by Crippen LogP contribution is -2.42. The average Bonchev–Trinajstić information content (AvgIpc) is 2.88. The van der Waals surface area contributed by atoms with Gasteiger partial charge in [-0.05, 0) is 23.8 Å². The lowest BCUT2D eigenvalue weighted by Gasteiger charge is -2.19. The Hall–Kier alpha value is -2.04. The molecular formula is C16H22N2O3. The number of carboxylic acid groups (broad SMARTS) is 1. The van der Waals surface area contributed by atoms with Gasteiger partial charge in [-0.25, -0.2) is 9.59 Å². The molecule has 3 N–H and O–H groups in total. The second kappa shape index (κ2) is 7.11. The van der Waals surface area contributed by atoms with Gasteiger partial charge < -0.3 is 15.7 Å². The Morgan fingerprint density at radius 2 is 2.00 bits per heavy atom. The summed E-state index contributed by atoms with van der Waals surface area (Å²) in [5.41, 5.74) is 0.564. The van der Waals surface area contributed by atoms with Gasteiger partial charge in [-0.2, -0.15) is 0 Å². The maximum absolute atomic E-state index is 11.9. The predicted octanol–water partition coefficient (Wildman–Crippen LogP) is 2.55. The van der Waals surface area contributed by atoms with Gasteiger partial charge in [-0.1, -0.05) is 50.1 Å². The van der Waals surface area contributed by atoms with Gasteiger partial charge in [0.2, 0.25) is 0 Å². The van der Waals surface area contributed by atoms with Crippen molar-refractivity contribution in [3.05, 3.63) is 35.9 Å². The first-order chi connectivity index (χ1) is 10.1. The zero-order chi connectivity index (χ0) is 15.2. The second-order valence-electron chi connectivity index (χ2n) is 5.70. The summed E-state index contributed by atoms with van der Waals surface area (Å²) in [4.78, 5) is 23.2. The van der Waals surface area contributed by atoms with E-state index >= 15 is 0 Å². The number of carboxylic acids is 1. The van der Waals surface area contributed by atoms with Gasteiger partial charge >= 0.3 is 12.0 Å². The minimum atomic E-state index is -1.06. The third-order valence-corrected chi connectivity index (χ3v) is 4.22. The normalized spacial score (nSPS) is 22.5. The highest BCUT2D eigenvalue weighted by atomic mass is 16.4. The van der Waals surface area contributed by atoms with Crippen LogP contribution in [0.2, 0.25) is 0 Å². The molecule has 0 bridgehead atoms. The first kappa shape index (κ1) is 15.4. The molecule has 1 fully saturated rings. The number of aliphatic carboxylic acids is 1. The van der Waals surface area contributed by atoms with Crippen LogP contribution in [-0.2, 0) is 4.79 Å². The van der Waals surface area contributed by atoms with Crippen LogP contribution in [0.5, 0.6) is 0 Å². The number of rotatable bonds is 5. The van der Waals surface area contributed by atoms with Gasteiger partial charge in [-0.15, -0.1) is 0 Å². The fraction of sp³-hybridized carbons (Fsp3) is 0.500. The number of nitrogens with one attached hydrogen (secondary N) is 2. The van der Waals surface area contributed by atoms with Crippen molar-refractivity contribution in [1.82, 2.24) is 10.6 Å². The molecule has 0 saturated heterocycles. The molecule has 21 heavy (non-hydrogen) atoms. The molecule has 0 spiro atoms. The number of urea groups is 1. The standard InChI is InChI=1S/C16H22N2O3/c1-11-6-5-9-13(11)10-17-16(21)18-14(15(19)20)12-7-3-2-4-8-12/h2-4,7-8,11,13-14H,5-6,9-10H2,1H3,(H,19,20)(H2,17,18,21)/t11?,13?,14-/m1/s1. The van der Waals surface area contributed by atoms with Gasteiger partial charge in [-0.3, -0.25) is 0 Å². The number of carbonyl (C=O) groups excluding carboxylic acids is 1. The van der Waals surface area contributed by atoms with Gasteiger partial charge in [0.15, 0.2) is 6.04 Å². The highest BCUT2D eigenvalue weighted by Crippen LogP contribution is 2.30. The first-order valence-corrected chi connectivity index (χ1v) is 7.40. The molecule has 114 valence electrons. The Morgan fingerprint density at radius 1 is 1.29 bits per heavy atom. The Balaban J connectivity index is 1.88. The van der Waals surface area contributed by atoms with Gasteiger partial charge in [0.05, 0.1) is 0 Å². The fourth-order valence-electron chi connectivity index (χ4n) is 2.86. The van der Waals surface area contributed by atoms with Gasteiger partial charge in [0, 0.05) is 6.54 Å². The SMILES string of the molecule is CC1CCCC1CNC(=O)N[C@@H](C(=O)O)c1ccccc1. The highest BCUT2D eigenvalue weighted by Gasteiger charge is 2.25. The van der Waals surface area contributed by atoms with Crippen molar-refractivity contribution in [2.45, 2.75) is 32.2 Å². The molecule has 1 aromatic rings. The number of hydrogen-bond acceptors (Lipinski definition) is 2. The first-order valence-electron chi connectivity index (χ1n) is 7.40. The van der Waals surface area contributed by atoms with E-state index in [1.807, 2.05) is 6.07 Å². The summed E-state index contributed by atoms with van der Waals surface area (Å²) in [6.45, 7) is 2.80. The van der Waals surface area contributed by atoms with Crippen LogP contribution in [0.1, 0.15) is 37.8 Å². The molecule has 0 heterocycles. The lowest BCUT2D eigenvalue weighted by molar-refractivity contribution is -0.139. The van der Waals surface area contributed by atoms with E-state index in [4.69, 9.17) is 0 Å². The van der Waals surface area contributed by atoms with Crippen LogP contribution in [-0.4, -0.2) is 23.7 Å². The van der Waals surface area contributed by atoms with E-state index in [0.29, 0.717) is 23.9 Å². The predicted molar refractivity (Wildman–Crippen MR) is 79.9 cm³/mol. The lowest BCUT2D eigenvalue weighted by atomic mass is 9.98. The summed E-state index contributed by atoms with van der Waals surface area (Å²) in [6, 6.07) is 7.26. The Morgan fingerprint density at radius 3 is 2.57 bits per heavy atom. The molecule has 5 nitrogen and oxygen atoms in total. The summed E-state index contributed by atoms with van der Waals surface area (Å²) in [6.07, 6.45) is 3.54. The monoisotopic (exact) mass is 290 g/mol. The molecule has 2 amide bonds. The Kier molecular flexibility index (Phi) is 5.20. The van der Waals surface area contributed by atoms with E-state index in [0.717, 1.165) is 6.42 Å². The minimum absolute atomic E-state index is 0.426. The summed E-state index contributed by atoms with van der Waals surface area (Å²) >= 11 is 0. The Bertz CT molecular complexity index is 490. The molecule has 1 aromatic carbocycles. The van der Waals surface area contributed by atoms with Crippen LogP contribution in [0.4, 0.5) is 4.79 Å². The average molecular weight is 290 g/mol. The molecule has 1 aliphatic rings. The third-order valence-electron chi connectivity index (χ3n) is 4.22. The Labute approximate surface area is 124 Å². The van der Waals surface area contributed by atoms with Crippen molar-refractivity contribution in [2.24, 2.45) is 11.8 Å². The summed E-state index contributed by atoms with van der Waals surface area (Å²) in [5, 5.41) is 14.6. The smallest absolute Gasteiger partial charge is 0.330 e. The minimum Gasteiger partial charge on any atom is -0.479 e. The highest BCUT2D eigenvalue weighted by molar-refractivity contribution is 5.83. The van der Waals surface area contributed by atoms with E-state index in [1.54, 1.807) is 24.3 Å². The van der Waals surface area contributed by atoms with E-state index in [-0.39, 0.29) is 0 Å². The number of hydrogen-bond donors (Lipinski definition) is 3. The van der Waals surface area contributed by atoms with E-state index in [9.17, 15) is 14.7 Å². The molecular weight excluding hydrogens is 268 g/mol. The van der Waals surface area contributed by atoms with Crippen molar-refractivity contribution < 1.29 is 14.7 Å². The molecule has 5 heteroatoms. The molecule has 1 aliphatic carbocycles. The van der Waals surface area contributed by atoms with Crippen LogP contribution < -0.4 is 10.6 Å². The molecule has 2 unspecified atom stereocenters. The molecule has 3 atom stereocenters. The number of amides is 2. The fourth-order valence-corrected chi connectivity index (χ4v) is 2.86. The summed E-state index contributed by atoms with van der Waals surface area (Å²) in [5.74, 6) is 0.0519. The third kappa shape index (κ3) is 4.21. The van der Waals surface area contributed by atoms with E-state index in [1.165, 1.54) is 12.8 Å². The van der Waals surface area contributed by atoms with Crippen LogP contribution in [0, 0.1) is 11.8 Å². The summed E-state index contributed by atoms with van der Waals surface area (Å²) < 4.78 is 0. The van der Waals surface area contributed by atoms with Crippen LogP contribution in [0.3, 0.4) is 0 Å². The molecule has 0 radical (unpaired) electrons. The van der Waals surface area contributed by atoms with Crippen LogP contribution >= 0.6 is 0 Å². The molecule has 0 aromatic heterocycles. The zero-order valence-electron chi connectivity index (χ0n) is 12.2. The maximum Gasteiger partial charge on any atom is 0.330 e. The largest absolute Gasteiger partial charge is 0.479 e. The van der Waals surface area contributed by atoms with Crippen molar-refractivity contribution in [2.75, 3.05) is 6.54 Å². The van der Waals surface area contributed by atoms with Gasteiger partial charge in [0.1, 0.15) is 0 Å². The molecule has 2 rings (SSSR count). The van der Waals surface area contributed by atoms with Crippen molar-refractivity contribution in [3.8, 4) is 0 Å². The number of carbonyl (C=O) groups is 2. The van der Waals surface area contributed by atoms with Crippen LogP contribution in [0.25, 0.3) is 0 Å². The molecule has 0 aliphatic heterocycles. The summed E-state index contributed by atoms with van der Waals surface area (Å²) in [7, 11) is 0. The van der Waals surface area contributed by atoms with Crippen molar-refractivity contribution >= 4 is 12.0 Å². The van der Waals surface area contributed by atoms with Crippen LogP contribution in [0.15, 0.2) is 30.3 Å². The quantitative estimate of drug-likeness (QED) is 0.779. The topological polar surface area (TPSA) is 78.4 Å². The number of benzene rings is 1. The molecule has 1 saturated carbocycles. The maximum atomic E-state index is 11.9. The van der Waals surface area contributed by atoms with E-state index < -0.39 is 18.0 Å².